The van der Waals surface area contributed by atoms with Gasteiger partial charge in [0.05, 0.1) is 12.9 Å². The Morgan fingerprint density at radius 1 is 1.05 bits per heavy atom. The zero-order valence-electron chi connectivity index (χ0n) is 22.0. The molecule has 0 radical (unpaired) electrons. The maximum Gasteiger partial charge on any atom is 0.318 e. The van der Waals surface area contributed by atoms with E-state index in [2.05, 4.69) is 14.8 Å². The van der Waals surface area contributed by atoms with Crippen molar-refractivity contribution in [3.63, 3.8) is 0 Å². The number of hydrogen-bond acceptors (Lipinski definition) is 10. The van der Waals surface area contributed by atoms with Gasteiger partial charge < -0.3 is 29.2 Å². The lowest BCUT2D eigenvalue weighted by Crippen LogP contribution is -2.33. The van der Waals surface area contributed by atoms with Crippen LogP contribution in [0.15, 0.2) is 67.0 Å². The van der Waals surface area contributed by atoms with Gasteiger partial charge in [-0.2, -0.15) is 0 Å². The predicted octanol–water partition coefficient (Wildman–Crippen LogP) is 3.90. The Labute approximate surface area is 231 Å². The van der Waals surface area contributed by atoms with Crippen molar-refractivity contribution in [2.45, 2.75) is 50.7 Å². The van der Waals surface area contributed by atoms with Crippen molar-refractivity contribution in [2.24, 2.45) is 0 Å². The van der Waals surface area contributed by atoms with Crippen molar-refractivity contribution in [1.82, 2.24) is 19.5 Å². The van der Waals surface area contributed by atoms with Crippen molar-refractivity contribution in [3.8, 4) is 11.4 Å². The van der Waals surface area contributed by atoms with Crippen LogP contribution in [0.25, 0.3) is 22.6 Å². The molecule has 2 N–H and O–H groups in total. The number of ether oxygens (including phenoxy) is 4. The van der Waals surface area contributed by atoms with E-state index in [0.717, 1.165) is 11.1 Å². The molecule has 2 aromatic carbocycles. The quantitative estimate of drug-likeness (QED) is 0.164. The van der Waals surface area contributed by atoms with Gasteiger partial charge in [-0.15, -0.1) is 0 Å². The molecular weight excluding hydrogens is 537 g/mol. The summed E-state index contributed by atoms with van der Waals surface area (Å²) in [6.45, 7) is 3.99. The molecule has 210 valence electrons. The fourth-order valence-corrected chi connectivity index (χ4v) is 5.18. The standard InChI is InChI=1S/C27H30N5O7P/c1-27(2)38-21-19(14-35-16-36-40(33)34)37-26(22(21)39-27)32-15-29-20-24(28-13-17-9-5-3-6-10-17)30-23(31-25(20)32)18-11-7-4-8-12-18/h3-12,15,19,21-22,26,40H,13-14,16H2,1-2H3,(H,33,34)(H,28,30,31)/t19-,21-,22-,26-/m1/s1. The average molecular weight is 568 g/mol. The number of imidazole rings is 1. The third-order valence-electron chi connectivity index (χ3n) is 6.70. The summed E-state index contributed by atoms with van der Waals surface area (Å²) < 4.78 is 41.6. The van der Waals surface area contributed by atoms with Gasteiger partial charge in [-0.3, -0.25) is 13.7 Å². The average Bonchev–Trinajstić information content (AvgIpc) is 3.61. The van der Waals surface area contributed by atoms with Crippen LogP contribution in [0, 0.1) is 0 Å². The molecule has 5 atom stereocenters. The van der Waals surface area contributed by atoms with Gasteiger partial charge in [0.15, 0.2) is 41.6 Å². The van der Waals surface area contributed by atoms with Crippen LogP contribution in [0.1, 0.15) is 25.6 Å². The van der Waals surface area contributed by atoms with Crippen molar-refractivity contribution < 1.29 is 32.9 Å². The van der Waals surface area contributed by atoms with Crippen molar-refractivity contribution in [2.75, 3.05) is 18.7 Å². The summed E-state index contributed by atoms with van der Waals surface area (Å²) in [5.74, 6) is 0.298. The number of nitrogens with zero attached hydrogens (tertiary/aromatic N) is 4. The molecule has 2 saturated heterocycles. The minimum atomic E-state index is -3.09. The first-order valence-electron chi connectivity index (χ1n) is 12.9. The van der Waals surface area contributed by atoms with E-state index in [1.165, 1.54) is 0 Å². The number of nitrogens with one attached hydrogen (secondary N) is 1. The highest BCUT2D eigenvalue weighted by Gasteiger charge is 2.56. The van der Waals surface area contributed by atoms with E-state index < -0.39 is 38.6 Å². The molecule has 1 unspecified atom stereocenters. The summed E-state index contributed by atoms with van der Waals surface area (Å²) in [4.78, 5) is 23.3. The van der Waals surface area contributed by atoms with E-state index in [1.807, 2.05) is 79.1 Å². The van der Waals surface area contributed by atoms with Crippen LogP contribution in [0.2, 0.25) is 0 Å². The van der Waals surface area contributed by atoms with Crippen LogP contribution in [0.5, 0.6) is 0 Å². The maximum atomic E-state index is 10.9. The van der Waals surface area contributed by atoms with E-state index in [4.69, 9.17) is 33.8 Å². The monoisotopic (exact) mass is 567 g/mol. The smallest absolute Gasteiger partial charge is 0.318 e. The third kappa shape index (κ3) is 5.65. The lowest BCUT2D eigenvalue weighted by Gasteiger charge is -2.24. The molecule has 2 aromatic heterocycles. The zero-order chi connectivity index (χ0) is 27.7. The summed E-state index contributed by atoms with van der Waals surface area (Å²) in [6.07, 6.45) is -0.402. The first kappa shape index (κ1) is 27.0. The number of anilines is 1. The number of hydrogen-bond donors (Lipinski definition) is 2. The first-order valence-corrected chi connectivity index (χ1v) is 14.2. The minimum absolute atomic E-state index is 0.0764. The van der Waals surface area contributed by atoms with Crippen LogP contribution < -0.4 is 5.32 Å². The van der Waals surface area contributed by atoms with Gasteiger partial charge in [-0.1, -0.05) is 60.7 Å². The zero-order valence-corrected chi connectivity index (χ0v) is 23.0. The van der Waals surface area contributed by atoms with Gasteiger partial charge >= 0.3 is 8.25 Å². The molecule has 6 rings (SSSR count). The van der Waals surface area contributed by atoms with Gasteiger partial charge in [-0.05, 0) is 19.4 Å². The van der Waals surface area contributed by atoms with Crippen LogP contribution in [-0.2, 0) is 34.6 Å². The largest absolute Gasteiger partial charge is 0.364 e. The van der Waals surface area contributed by atoms with E-state index >= 15 is 0 Å². The maximum absolute atomic E-state index is 10.9. The van der Waals surface area contributed by atoms with E-state index in [0.29, 0.717) is 29.4 Å². The van der Waals surface area contributed by atoms with Crippen molar-refractivity contribution in [3.05, 3.63) is 72.6 Å². The van der Waals surface area contributed by atoms with Crippen molar-refractivity contribution in [1.29, 1.82) is 0 Å². The summed E-state index contributed by atoms with van der Waals surface area (Å²) >= 11 is 0. The molecule has 2 aliphatic rings. The second-order valence-corrected chi connectivity index (χ2v) is 10.8. The van der Waals surface area contributed by atoms with Gasteiger partial charge in [0, 0.05) is 12.1 Å². The Balaban J connectivity index is 1.35. The van der Waals surface area contributed by atoms with Crippen LogP contribution in [0.3, 0.4) is 0 Å². The molecule has 0 saturated carbocycles. The van der Waals surface area contributed by atoms with Gasteiger partial charge in [0.25, 0.3) is 0 Å². The highest BCUT2D eigenvalue weighted by Crippen LogP contribution is 2.44. The van der Waals surface area contributed by atoms with E-state index in [-0.39, 0.29) is 13.4 Å². The Bertz CT molecular complexity index is 1490. The first-order chi connectivity index (χ1) is 19.4. The van der Waals surface area contributed by atoms with Gasteiger partial charge in [0.1, 0.15) is 18.3 Å². The molecule has 13 heteroatoms. The van der Waals surface area contributed by atoms with E-state index in [9.17, 15) is 4.57 Å². The van der Waals surface area contributed by atoms with Gasteiger partial charge in [-0.25, -0.2) is 15.0 Å². The molecule has 2 fully saturated rings. The fraction of sp³-hybridized carbons (Fsp3) is 0.370. The Hall–Kier alpha value is -3.22. The van der Waals surface area contributed by atoms with Crippen LogP contribution in [0.4, 0.5) is 5.82 Å². The number of fused-ring (bicyclic) bond motifs is 2. The molecule has 4 heterocycles. The van der Waals surface area contributed by atoms with E-state index in [1.54, 1.807) is 6.33 Å². The Kier molecular flexibility index (Phi) is 7.65. The molecule has 12 nitrogen and oxygen atoms in total. The third-order valence-corrected chi connectivity index (χ3v) is 7.07. The molecule has 4 aromatic rings. The summed E-state index contributed by atoms with van der Waals surface area (Å²) in [6, 6.07) is 19.8. The lowest BCUT2D eigenvalue weighted by atomic mass is 10.1. The number of rotatable bonds is 10. The minimum Gasteiger partial charge on any atom is -0.364 e. The fourth-order valence-electron chi connectivity index (χ4n) is 5.00. The molecular formula is C27H30N5O7P. The van der Waals surface area contributed by atoms with Crippen molar-refractivity contribution >= 4 is 25.2 Å². The SMILES string of the molecule is CC1(C)O[C@@H]2[C@H](O1)[C@@H](COCO[PH](=O)O)O[C@H]2n1cnc2c(NCc3ccccc3)nc(-c3ccccc3)nc21. The molecule has 0 spiro atoms. The molecule has 0 aliphatic carbocycles. The topological polar surface area (TPSA) is 139 Å². The number of aromatic nitrogens is 4. The second kappa shape index (κ2) is 11.3. The highest BCUT2D eigenvalue weighted by atomic mass is 31.1. The Morgan fingerprint density at radius 2 is 1.77 bits per heavy atom. The normalized spacial score (nSPS) is 24.3. The predicted molar refractivity (Wildman–Crippen MR) is 145 cm³/mol. The Morgan fingerprint density at radius 3 is 2.52 bits per heavy atom. The molecule has 0 bridgehead atoms. The summed E-state index contributed by atoms with van der Waals surface area (Å²) in [5.41, 5.74) is 3.13. The lowest BCUT2D eigenvalue weighted by molar-refractivity contribution is -0.203. The molecule has 40 heavy (non-hydrogen) atoms. The highest BCUT2D eigenvalue weighted by molar-refractivity contribution is 7.32. The summed E-state index contributed by atoms with van der Waals surface area (Å²) in [7, 11) is -3.09. The van der Waals surface area contributed by atoms with Crippen LogP contribution in [-0.4, -0.2) is 61.9 Å². The van der Waals surface area contributed by atoms with Gasteiger partial charge in [0.2, 0.25) is 0 Å². The van der Waals surface area contributed by atoms with Crippen LogP contribution >= 0.6 is 8.25 Å². The summed E-state index contributed by atoms with van der Waals surface area (Å²) in [5, 5.41) is 3.43. The molecule has 2 aliphatic heterocycles. The number of benzene rings is 2. The second-order valence-electron chi connectivity index (χ2n) is 9.95. The molecule has 0 amide bonds.